The lowest BCUT2D eigenvalue weighted by Gasteiger charge is -2.15. The fourth-order valence-corrected chi connectivity index (χ4v) is 2.25. The van der Waals surface area contributed by atoms with Crippen molar-refractivity contribution in [2.45, 2.75) is 20.0 Å². The number of aliphatic hydroxyl groups excluding tert-OH is 1. The van der Waals surface area contributed by atoms with Crippen LogP contribution in [0.2, 0.25) is 0 Å². The van der Waals surface area contributed by atoms with Crippen molar-refractivity contribution in [2.24, 2.45) is 0 Å². The lowest BCUT2D eigenvalue weighted by atomic mass is 9.95. The molecule has 0 aliphatic heterocycles. The number of aliphatic hydroxyl groups is 1. The number of aryl methyl sites for hydroxylation is 2. The summed E-state index contributed by atoms with van der Waals surface area (Å²) < 4.78 is 4.97. The van der Waals surface area contributed by atoms with E-state index in [1.807, 2.05) is 32.0 Å². The Morgan fingerprint density at radius 2 is 1.90 bits per heavy atom. The third kappa shape index (κ3) is 3.03. The van der Waals surface area contributed by atoms with Gasteiger partial charge in [-0.1, -0.05) is 29.8 Å². The summed E-state index contributed by atoms with van der Waals surface area (Å²) in [5, 5.41) is 21.6. The molecule has 0 fully saturated rings. The first-order valence-electron chi connectivity index (χ1n) is 6.51. The van der Waals surface area contributed by atoms with E-state index in [-0.39, 0.29) is 11.4 Å². The third-order valence-electron chi connectivity index (χ3n) is 3.44. The van der Waals surface area contributed by atoms with Gasteiger partial charge in [-0.25, -0.2) is 0 Å². The summed E-state index contributed by atoms with van der Waals surface area (Å²) in [7, 11) is 1.38. The van der Waals surface area contributed by atoms with E-state index in [9.17, 15) is 15.2 Å². The molecule has 1 N–H and O–H groups in total. The van der Waals surface area contributed by atoms with Gasteiger partial charge >= 0.3 is 5.69 Å². The van der Waals surface area contributed by atoms with Gasteiger partial charge in [0.2, 0.25) is 0 Å². The highest BCUT2D eigenvalue weighted by Gasteiger charge is 2.20. The van der Waals surface area contributed by atoms with Gasteiger partial charge in [-0.15, -0.1) is 0 Å². The van der Waals surface area contributed by atoms with Crippen molar-refractivity contribution in [2.75, 3.05) is 7.11 Å². The molecule has 5 heteroatoms. The van der Waals surface area contributed by atoms with E-state index in [0.717, 1.165) is 16.7 Å². The summed E-state index contributed by atoms with van der Waals surface area (Å²) in [4.78, 5) is 10.5. The van der Waals surface area contributed by atoms with Gasteiger partial charge in [0, 0.05) is 6.07 Å². The number of hydrogen-bond donors (Lipinski definition) is 1. The van der Waals surface area contributed by atoms with Crippen molar-refractivity contribution in [1.82, 2.24) is 0 Å². The SMILES string of the molecule is COc1ccc([C@@H](O)c2cc(C)ccc2C)cc1[N+](=O)[O-]. The Balaban J connectivity index is 2.48. The second-order valence-electron chi connectivity index (χ2n) is 4.95. The Labute approximate surface area is 123 Å². The van der Waals surface area contributed by atoms with E-state index < -0.39 is 11.0 Å². The summed E-state index contributed by atoms with van der Waals surface area (Å²) in [6.45, 7) is 3.84. The number of nitro benzene ring substituents is 1. The molecule has 110 valence electrons. The van der Waals surface area contributed by atoms with Crippen LogP contribution in [0.3, 0.4) is 0 Å². The van der Waals surface area contributed by atoms with E-state index >= 15 is 0 Å². The van der Waals surface area contributed by atoms with E-state index in [0.29, 0.717) is 5.56 Å². The molecule has 0 aliphatic carbocycles. The number of ether oxygens (including phenoxy) is 1. The molecule has 1 atom stereocenters. The molecule has 0 amide bonds. The zero-order valence-corrected chi connectivity index (χ0v) is 12.2. The highest BCUT2D eigenvalue weighted by Crippen LogP contribution is 2.33. The van der Waals surface area contributed by atoms with Crippen LogP contribution in [0.4, 0.5) is 5.69 Å². The normalized spacial score (nSPS) is 12.0. The van der Waals surface area contributed by atoms with Gasteiger partial charge in [0.1, 0.15) is 6.10 Å². The molecule has 0 saturated carbocycles. The van der Waals surface area contributed by atoms with Crippen molar-refractivity contribution >= 4 is 5.69 Å². The van der Waals surface area contributed by atoms with E-state index in [1.54, 1.807) is 6.07 Å². The van der Waals surface area contributed by atoms with Crippen LogP contribution in [0.15, 0.2) is 36.4 Å². The maximum atomic E-state index is 11.1. The fraction of sp³-hybridized carbons (Fsp3) is 0.250. The monoisotopic (exact) mass is 287 g/mol. The van der Waals surface area contributed by atoms with E-state index in [2.05, 4.69) is 0 Å². The topological polar surface area (TPSA) is 72.6 Å². The molecular formula is C16H17NO4. The first-order chi connectivity index (χ1) is 9.93. The molecule has 0 bridgehead atoms. The molecular weight excluding hydrogens is 270 g/mol. The molecule has 0 aromatic heterocycles. The molecule has 21 heavy (non-hydrogen) atoms. The quantitative estimate of drug-likeness (QED) is 0.691. The van der Waals surface area contributed by atoms with Gasteiger partial charge in [-0.2, -0.15) is 0 Å². The maximum Gasteiger partial charge on any atom is 0.311 e. The average Bonchev–Trinajstić information content (AvgIpc) is 2.48. The predicted molar refractivity (Wildman–Crippen MR) is 79.6 cm³/mol. The van der Waals surface area contributed by atoms with Crippen molar-refractivity contribution in [1.29, 1.82) is 0 Å². The van der Waals surface area contributed by atoms with Gasteiger partial charge in [0.05, 0.1) is 12.0 Å². The Kier molecular flexibility index (Phi) is 4.23. The first kappa shape index (κ1) is 15.0. The molecule has 0 saturated heterocycles. The van der Waals surface area contributed by atoms with Crippen LogP contribution in [-0.4, -0.2) is 17.1 Å². The number of hydrogen-bond acceptors (Lipinski definition) is 4. The molecule has 2 aromatic rings. The van der Waals surface area contributed by atoms with Crippen LogP contribution in [0, 0.1) is 24.0 Å². The summed E-state index contributed by atoms with van der Waals surface area (Å²) in [5.41, 5.74) is 3.02. The molecule has 2 aromatic carbocycles. The Hall–Kier alpha value is -2.40. The Morgan fingerprint density at radius 3 is 2.52 bits per heavy atom. The first-order valence-corrected chi connectivity index (χ1v) is 6.51. The minimum Gasteiger partial charge on any atom is -0.490 e. The van der Waals surface area contributed by atoms with Crippen LogP contribution >= 0.6 is 0 Å². The zero-order chi connectivity index (χ0) is 15.6. The second kappa shape index (κ2) is 5.93. The van der Waals surface area contributed by atoms with Gasteiger partial charge in [-0.05, 0) is 36.6 Å². The molecule has 0 aliphatic rings. The minimum absolute atomic E-state index is 0.153. The van der Waals surface area contributed by atoms with E-state index in [1.165, 1.54) is 19.2 Å². The standard InChI is InChI=1S/C16H17NO4/c1-10-4-5-11(2)13(8-10)16(18)12-6-7-15(21-3)14(9-12)17(19)20/h4-9,16,18H,1-3H3/t16-/m1/s1. The van der Waals surface area contributed by atoms with Crippen LogP contribution in [-0.2, 0) is 0 Å². The lowest BCUT2D eigenvalue weighted by Crippen LogP contribution is -2.04. The molecule has 5 nitrogen and oxygen atoms in total. The molecule has 0 unspecified atom stereocenters. The van der Waals surface area contributed by atoms with Crippen LogP contribution in [0.1, 0.15) is 28.4 Å². The molecule has 0 spiro atoms. The highest BCUT2D eigenvalue weighted by molar-refractivity contribution is 5.51. The fourth-order valence-electron chi connectivity index (χ4n) is 2.25. The van der Waals surface area contributed by atoms with Crippen molar-refractivity contribution < 1.29 is 14.8 Å². The van der Waals surface area contributed by atoms with Crippen molar-refractivity contribution in [3.05, 3.63) is 68.8 Å². The number of benzene rings is 2. The van der Waals surface area contributed by atoms with Gasteiger partial charge in [-0.3, -0.25) is 10.1 Å². The maximum absolute atomic E-state index is 11.1. The van der Waals surface area contributed by atoms with Crippen LogP contribution in [0.5, 0.6) is 5.75 Å². The number of nitro groups is 1. The predicted octanol–water partition coefficient (Wildman–Crippen LogP) is 3.30. The Bertz CT molecular complexity index is 682. The zero-order valence-electron chi connectivity index (χ0n) is 12.2. The molecule has 2 rings (SSSR count). The molecule has 0 heterocycles. The molecule has 0 radical (unpaired) electrons. The van der Waals surface area contributed by atoms with Gasteiger partial charge < -0.3 is 9.84 Å². The van der Waals surface area contributed by atoms with Crippen LogP contribution in [0.25, 0.3) is 0 Å². The largest absolute Gasteiger partial charge is 0.490 e. The number of methoxy groups -OCH3 is 1. The van der Waals surface area contributed by atoms with Crippen molar-refractivity contribution in [3.8, 4) is 5.75 Å². The van der Waals surface area contributed by atoms with Crippen LogP contribution < -0.4 is 4.74 Å². The number of nitrogens with zero attached hydrogens (tertiary/aromatic N) is 1. The smallest absolute Gasteiger partial charge is 0.311 e. The number of rotatable bonds is 4. The minimum atomic E-state index is -0.908. The summed E-state index contributed by atoms with van der Waals surface area (Å²) in [5.74, 6) is 0.178. The summed E-state index contributed by atoms with van der Waals surface area (Å²) >= 11 is 0. The van der Waals surface area contributed by atoms with Crippen molar-refractivity contribution in [3.63, 3.8) is 0 Å². The van der Waals surface area contributed by atoms with Gasteiger partial charge in [0.25, 0.3) is 0 Å². The average molecular weight is 287 g/mol. The van der Waals surface area contributed by atoms with E-state index in [4.69, 9.17) is 4.74 Å². The Morgan fingerprint density at radius 1 is 1.19 bits per heavy atom. The second-order valence-corrected chi connectivity index (χ2v) is 4.95. The third-order valence-corrected chi connectivity index (χ3v) is 3.44. The van der Waals surface area contributed by atoms with Gasteiger partial charge in [0.15, 0.2) is 5.75 Å². The summed E-state index contributed by atoms with van der Waals surface area (Å²) in [6.07, 6.45) is -0.908. The lowest BCUT2D eigenvalue weighted by molar-refractivity contribution is -0.385. The summed E-state index contributed by atoms with van der Waals surface area (Å²) in [6, 6.07) is 10.3. The highest BCUT2D eigenvalue weighted by atomic mass is 16.6.